The largest absolute Gasteiger partial charge is 0.346 e. The summed E-state index contributed by atoms with van der Waals surface area (Å²) in [6, 6.07) is 0.0409. The zero-order chi connectivity index (χ0) is 17.3. The lowest BCUT2D eigenvalue weighted by atomic mass is 9.92. The Morgan fingerprint density at radius 2 is 2.25 bits per heavy atom. The zero-order valence-electron chi connectivity index (χ0n) is 14.7. The molecule has 0 aliphatic heterocycles. The van der Waals surface area contributed by atoms with Gasteiger partial charge in [0.2, 0.25) is 5.91 Å². The number of aryl methyl sites for hydroxylation is 1. The maximum absolute atomic E-state index is 12.3. The number of amides is 1. The van der Waals surface area contributed by atoms with Gasteiger partial charge < -0.3 is 5.32 Å². The Balaban J connectivity index is 1.72. The molecule has 2 aromatic rings. The highest BCUT2D eigenvalue weighted by molar-refractivity contribution is 7.09. The van der Waals surface area contributed by atoms with Gasteiger partial charge in [-0.25, -0.2) is 4.98 Å². The minimum Gasteiger partial charge on any atom is -0.346 e. The number of nitrogens with one attached hydrogen (secondary N) is 1. The Bertz CT molecular complexity index is 766. The predicted octanol–water partition coefficient (Wildman–Crippen LogP) is 3.61. The van der Waals surface area contributed by atoms with Crippen LogP contribution >= 0.6 is 11.3 Å². The second-order valence-corrected chi connectivity index (χ2v) is 8.27. The third kappa shape index (κ3) is 3.59. The molecule has 0 radical (unpaired) electrons. The molecule has 0 spiro atoms. The van der Waals surface area contributed by atoms with Crippen molar-refractivity contribution in [1.82, 2.24) is 20.1 Å². The van der Waals surface area contributed by atoms with Crippen molar-refractivity contribution in [3.8, 4) is 0 Å². The molecule has 6 heteroatoms. The standard InChI is InChI=1S/C18H24N4OS/c1-12-20-13(11-24-12)8-9-17(23)21-15-6-5-7-16-14(15)10-19-22(16)18(2,3)4/h8-11,15H,5-7H2,1-4H3,(H,21,23). The van der Waals surface area contributed by atoms with Gasteiger partial charge >= 0.3 is 0 Å². The van der Waals surface area contributed by atoms with E-state index in [0.29, 0.717) is 0 Å². The van der Waals surface area contributed by atoms with E-state index in [9.17, 15) is 4.79 Å². The first-order valence-corrected chi connectivity index (χ1v) is 9.20. The summed E-state index contributed by atoms with van der Waals surface area (Å²) >= 11 is 1.58. The Hall–Kier alpha value is -1.95. The van der Waals surface area contributed by atoms with Gasteiger partial charge in [0.15, 0.2) is 0 Å². The molecule has 2 aromatic heterocycles. The first kappa shape index (κ1) is 16.9. The fraction of sp³-hybridized carbons (Fsp3) is 0.500. The summed E-state index contributed by atoms with van der Waals surface area (Å²) in [4.78, 5) is 16.6. The second kappa shape index (κ2) is 6.51. The first-order valence-electron chi connectivity index (χ1n) is 8.32. The third-order valence-electron chi connectivity index (χ3n) is 4.18. The molecule has 0 fully saturated rings. The maximum atomic E-state index is 12.3. The van der Waals surface area contributed by atoms with Crippen LogP contribution in [0.5, 0.6) is 0 Å². The van der Waals surface area contributed by atoms with E-state index in [2.05, 4.69) is 40.9 Å². The van der Waals surface area contributed by atoms with E-state index in [1.807, 2.05) is 18.5 Å². The summed E-state index contributed by atoms with van der Waals surface area (Å²) in [5.74, 6) is -0.0815. The number of hydrogen-bond acceptors (Lipinski definition) is 4. The van der Waals surface area contributed by atoms with Crippen molar-refractivity contribution < 1.29 is 4.79 Å². The maximum Gasteiger partial charge on any atom is 0.244 e. The smallest absolute Gasteiger partial charge is 0.244 e. The van der Waals surface area contributed by atoms with Crippen LogP contribution in [0.3, 0.4) is 0 Å². The molecule has 1 N–H and O–H groups in total. The molecule has 24 heavy (non-hydrogen) atoms. The third-order valence-corrected chi connectivity index (χ3v) is 4.97. The minimum absolute atomic E-state index is 0.0398. The number of thiazole rings is 1. The van der Waals surface area contributed by atoms with Crippen LogP contribution < -0.4 is 5.32 Å². The van der Waals surface area contributed by atoms with E-state index in [-0.39, 0.29) is 17.5 Å². The number of rotatable bonds is 3. The number of carbonyl (C=O) groups excluding carboxylic acids is 1. The molecule has 1 aliphatic rings. The van der Waals surface area contributed by atoms with Crippen LogP contribution in [0.1, 0.15) is 61.6 Å². The van der Waals surface area contributed by atoms with E-state index >= 15 is 0 Å². The molecule has 1 unspecified atom stereocenters. The van der Waals surface area contributed by atoms with Crippen LogP contribution in [0.25, 0.3) is 6.08 Å². The molecule has 1 aliphatic carbocycles. The Morgan fingerprint density at radius 1 is 1.46 bits per heavy atom. The van der Waals surface area contributed by atoms with Gasteiger partial charge in [0.25, 0.3) is 0 Å². The van der Waals surface area contributed by atoms with Gasteiger partial charge in [-0.15, -0.1) is 11.3 Å². The average molecular weight is 344 g/mol. The van der Waals surface area contributed by atoms with Gasteiger partial charge in [0.05, 0.1) is 28.5 Å². The first-order chi connectivity index (χ1) is 11.3. The normalized spacial score (nSPS) is 17.9. The number of hydrogen-bond donors (Lipinski definition) is 1. The fourth-order valence-electron chi connectivity index (χ4n) is 3.12. The number of carbonyl (C=O) groups is 1. The molecule has 1 amide bonds. The van der Waals surface area contributed by atoms with E-state index in [4.69, 9.17) is 0 Å². The number of fused-ring (bicyclic) bond motifs is 1. The number of nitrogens with zero attached hydrogens (tertiary/aromatic N) is 3. The molecular formula is C18H24N4OS. The summed E-state index contributed by atoms with van der Waals surface area (Å²) in [6.07, 6.45) is 8.29. The summed E-state index contributed by atoms with van der Waals surface area (Å²) in [7, 11) is 0. The topological polar surface area (TPSA) is 59.8 Å². The quantitative estimate of drug-likeness (QED) is 0.865. The van der Waals surface area contributed by atoms with Gasteiger partial charge in [-0.2, -0.15) is 5.10 Å². The summed E-state index contributed by atoms with van der Waals surface area (Å²) in [5, 5.41) is 10.6. The van der Waals surface area contributed by atoms with Crippen molar-refractivity contribution >= 4 is 23.3 Å². The van der Waals surface area contributed by atoms with E-state index in [0.717, 1.165) is 35.5 Å². The SMILES string of the molecule is Cc1nc(C=CC(=O)NC2CCCc3c2cnn3C(C)(C)C)cs1. The van der Waals surface area contributed by atoms with Crippen LogP contribution in [-0.2, 0) is 16.8 Å². The van der Waals surface area contributed by atoms with Gasteiger partial charge in [-0.3, -0.25) is 9.48 Å². The van der Waals surface area contributed by atoms with Crippen molar-refractivity contribution in [2.24, 2.45) is 0 Å². The molecule has 0 bridgehead atoms. The summed E-state index contributed by atoms with van der Waals surface area (Å²) in [6.45, 7) is 8.42. The van der Waals surface area contributed by atoms with E-state index < -0.39 is 0 Å². The van der Waals surface area contributed by atoms with Gasteiger partial charge in [0, 0.05) is 22.7 Å². The molecule has 0 aromatic carbocycles. The summed E-state index contributed by atoms with van der Waals surface area (Å²) < 4.78 is 2.09. The van der Waals surface area contributed by atoms with Crippen LogP contribution in [0.15, 0.2) is 17.7 Å². The van der Waals surface area contributed by atoms with E-state index in [1.165, 1.54) is 5.69 Å². The lowest BCUT2D eigenvalue weighted by Gasteiger charge is -2.28. The van der Waals surface area contributed by atoms with Crippen molar-refractivity contribution in [3.05, 3.63) is 39.6 Å². The molecular weight excluding hydrogens is 320 g/mol. The molecule has 0 saturated heterocycles. The zero-order valence-corrected chi connectivity index (χ0v) is 15.5. The lowest BCUT2D eigenvalue weighted by Crippen LogP contribution is -2.31. The molecule has 2 heterocycles. The molecule has 0 saturated carbocycles. The molecule has 1 atom stereocenters. The fourth-order valence-corrected chi connectivity index (χ4v) is 3.70. The Labute approximate surface area is 146 Å². The predicted molar refractivity (Wildman–Crippen MR) is 96.9 cm³/mol. The summed E-state index contributed by atoms with van der Waals surface area (Å²) in [5.41, 5.74) is 3.19. The van der Waals surface area contributed by atoms with Crippen LogP contribution in [0.2, 0.25) is 0 Å². The highest BCUT2D eigenvalue weighted by atomic mass is 32.1. The minimum atomic E-state index is -0.0815. The van der Waals surface area contributed by atoms with Gasteiger partial charge in [-0.1, -0.05) is 0 Å². The molecule has 3 rings (SSSR count). The Kier molecular flexibility index (Phi) is 4.58. The van der Waals surface area contributed by atoms with E-state index in [1.54, 1.807) is 23.5 Å². The molecule has 5 nitrogen and oxygen atoms in total. The monoisotopic (exact) mass is 344 g/mol. The van der Waals surface area contributed by atoms with Gasteiger partial charge in [-0.05, 0) is 53.0 Å². The van der Waals surface area contributed by atoms with Crippen molar-refractivity contribution in [1.29, 1.82) is 0 Å². The van der Waals surface area contributed by atoms with Crippen LogP contribution in [0.4, 0.5) is 0 Å². The second-order valence-electron chi connectivity index (χ2n) is 7.21. The highest BCUT2D eigenvalue weighted by Crippen LogP contribution is 2.32. The molecule has 128 valence electrons. The Morgan fingerprint density at radius 3 is 2.92 bits per heavy atom. The van der Waals surface area contributed by atoms with Crippen molar-refractivity contribution in [2.45, 2.75) is 58.5 Å². The van der Waals surface area contributed by atoms with Crippen LogP contribution in [0, 0.1) is 6.92 Å². The van der Waals surface area contributed by atoms with Gasteiger partial charge in [0.1, 0.15) is 0 Å². The lowest BCUT2D eigenvalue weighted by molar-refractivity contribution is -0.117. The van der Waals surface area contributed by atoms with Crippen molar-refractivity contribution in [2.75, 3.05) is 0 Å². The van der Waals surface area contributed by atoms with Crippen LogP contribution in [-0.4, -0.2) is 20.7 Å². The average Bonchev–Trinajstić information content (AvgIpc) is 3.11. The van der Waals surface area contributed by atoms with Crippen molar-refractivity contribution in [3.63, 3.8) is 0 Å². The highest BCUT2D eigenvalue weighted by Gasteiger charge is 2.28. The number of aromatic nitrogens is 3.